The van der Waals surface area contributed by atoms with Crippen LogP contribution in [0.3, 0.4) is 0 Å². The first-order valence-corrected chi connectivity index (χ1v) is 8.70. The molecule has 5 heteroatoms. The van der Waals surface area contributed by atoms with Gasteiger partial charge in [-0.25, -0.2) is 4.39 Å². The van der Waals surface area contributed by atoms with Gasteiger partial charge in [0, 0.05) is 19.7 Å². The molecule has 1 aromatic rings. The lowest BCUT2D eigenvalue weighted by Gasteiger charge is -2.36. The molecule has 1 aromatic carbocycles. The fraction of sp³-hybridized carbons (Fsp3) is 0.632. The van der Waals surface area contributed by atoms with Crippen LogP contribution in [-0.2, 0) is 9.53 Å². The van der Waals surface area contributed by atoms with Gasteiger partial charge >= 0.3 is 0 Å². The van der Waals surface area contributed by atoms with E-state index in [1.165, 1.54) is 12.1 Å². The van der Waals surface area contributed by atoms with Crippen LogP contribution in [0.5, 0.6) is 0 Å². The summed E-state index contributed by atoms with van der Waals surface area (Å²) in [5.41, 5.74) is 0.830. The first-order chi connectivity index (χ1) is 11.4. The van der Waals surface area contributed by atoms with E-state index in [4.69, 9.17) is 4.74 Å². The van der Waals surface area contributed by atoms with Gasteiger partial charge in [0.2, 0.25) is 5.91 Å². The van der Waals surface area contributed by atoms with Gasteiger partial charge in [-0.2, -0.15) is 0 Å². The van der Waals surface area contributed by atoms with Gasteiger partial charge in [-0.05, 0) is 64.4 Å². The van der Waals surface area contributed by atoms with E-state index >= 15 is 0 Å². The van der Waals surface area contributed by atoms with Crippen molar-refractivity contribution in [2.45, 2.75) is 38.8 Å². The van der Waals surface area contributed by atoms with Gasteiger partial charge in [0.15, 0.2) is 0 Å². The maximum absolute atomic E-state index is 13.2. The minimum absolute atomic E-state index is 0.0924. The highest BCUT2D eigenvalue weighted by molar-refractivity contribution is 5.83. The quantitative estimate of drug-likeness (QED) is 0.800. The fourth-order valence-electron chi connectivity index (χ4n) is 3.13. The van der Waals surface area contributed by atoms with Crippen LogP contribution in [0.4, 0.5) is 4.39 Å². The maximum Gasteiger partial charge on any atom is 0.244 e. The molecule has 0 spiro atoms. The van der Waals surface area contributed by atoms with Crippen LogP contribution in [0.1, 0.15) is 38.3 Å². The minimum atomic E-state index is -0.367. The molecule has 0 N–H and O–H groups in total. The third-order valence-electron chi connectivity index (χ3n) is 4.53. The molecule has 4 nitrogen and oxygen atoms in total. The average Bonchev–Trinajstić information content (AvgIpc) is 2.55. The summed E-state index contributed by atoms with van der Waals surface area (Å²) in [4.78, 5) is 16.8. The van der Waals surface area contributed by atoms with Crippen molar-refractivity contribution in [3.8, 4) is 0 Å². The molecular weight excluding hydrogens is 307 g/mol. The van der Waals surface area contributed by atoms with E-state index in [1.54, 1.807) is 12.1 Å². The summed E-state index contributed by atoms with van der Waals surface area (Å²) in [7, 11) is 3.77. The summed E-state index contributed by atoms with van der Waals surface area (Å²) in [6.07, 6.45) is 2.20. The van der Waals surface area contributed by atoms with E-state index in [0.717, 1.165) is 38.1 Å². The third kappa shape index (κ3) is 5.02. The first-order valence-electron chi connectivity index (χ1n) is 8.70. The van der Waals surface area contributed by atoms with Gasteiger partial charge in [0.25, 0.3) is 0 Å². The molecule has 24 heavy (non-hydrogen) atoms. The molecule has 2 rings (SSSR count). The summed E-state index contributed by atoms with van der Waals surface area (Å²) in [6, 6.07) is 5.85. The van der Waals surface area contributed by atoms with Crippen molar-refractivity contribution in [1.29, 1.82) is 0 Å². The Balaban J connectivity index is 1.97. The number of piperidine rings is 1. The van der Waals surface area contributed by atoms with E-state index in [0.29, 0.717) is 5.92 Å². The Morgan fingerprint density at radius 1 is 1.25 bits per heavy atom. The number of hydrogen-bond acceptors (Lipinski definition) is 3. The number of likely N-dealkylation sites (tertiary alicyclic amines) is 1. The van der Waals surface area contributed by atoms with Crippen LogP contribution in [0.15, 0.2) is 24.3 Å². The van der Waals surface area contributed by atoms with Crippen molar-refractivity contribution < 1.29 is 13.9 Å². The fourth-order valence-corrected chi connectivity index (χ4v) is 3.13. The Labute approximate surface area is 144 Å². The summed E-state index contributed by atoms with van der Waals surface area (Å²) >= 11 is 0. The summed E-state index contributed by atoms with van der Waals surface area (Å²) in [6.45, 7) is 6.38. The van der Waals surface area contributed by atoms with E-state index < -0.39 is 0 Å². The van der Waals surface area contributed by atoms with Gasteiger partial charge in [-0.15, -0.1) is 0 Å². The second-order valence-corrected chi connectivity index (χ2v) is 7.07. The Hall–Kier alpha value is -1.46. The highest BCUT2D eigenvalue weighted by Crippen LogP contribution is 2.25. The second-order valence-electron chi connectivity index (χ2n) is 7.07. The normalized spacial score (nSPS) is 17.5. The standard InChI is InChI=1S/C19H29FN2O2/c1-14(2)24-13-15-9-11-22(12-10-15)19(23)18(21(3)4)16-5-7-17(20)8-6-16/h5-8,14-15,18H,9-13H2,1-4H3/t18-/m0/s1. The highest BCUT2D eigenvalue weighted by Gasteiger charge is 2.30. The number of amides is 1. The van der Waals surface area contributed by atoms with Gasteiger partial charge in [0.1, 0.15) is 11.9 Å². The zero-order chi connectivity index (χ0) is 17.7. The Bertz CT molecular complexity index is 523. The first kappa shape index (κ1) is 18.9. The molecule has 0 unspecified atom stereocenters. The van der Waals surface area contributed by atoms with E-state index in [2.05, 4.69) is 0 Å². The van der Waals surface area contributed by atoms with Crippen LogP contribution >= 0.6 is 0 Å². The lowest BCUT2D eigenvalue weighted by atomic mass is 9.96. The van der Waals surface area contributed by atoms with Gasteiger partial charge in [0.05, 0.1) is 6.10 Å². The number of halogens is 1. The molecule has 134 valence electrons. The smallest absolute Gasteiger partial charge is 0.244 e. The third-order valence-corrected chi connectivity index (χ3v) is 4.53. The molecule has 0 bridgehead atoms. The molecule has 0 aromatic heterocycles. The summed E-state index contributed by atoms with van der Waals surface area (Å²) in [5.74, 6) is 0.338. The van der Waals surface area contributed by atoms with Crippen molar-refractivity contribution in [3.05, 3.63) is 35.6 Å². The molecular formula is C19H29FN2O2. The number of ether oxygens (including phenoxy) is 1. The van der Waals surface area contributed by atoms with E-state index in [-0.39, 0.29) is 23.9 Å². The SMILES string of the molecule is CC(C)OCC1CCN(C(=O)[C@H](c2ccc(F)cc2)N(C)C)CC1. The van der Waals surface area contributed by atoms with E-state index in [9.17, 15) is 9.18 Å². The zero-order valence-corrected chi connectivity index (χ0v) is 15.2. The van der Waals surface area contributed by atoms with Gasteiger partial charge in [-0.1, -0.05) is 12.1 Å². The van der Waals surface area contributed by atoms with Crippen molar-refractivity contribution in [3.63, 3.8) is 0 Å². The van der Waals surface area contributed by atoms with Crippen molar-refractivity contribution in [1.82, 2.24) is 9.80 Å². The Morgan fingerprint density at radius 3 is 2.33 bits per heavy atom. The van der Waals surface area contributed by atoms with Crippen molar-refractivity contribution in [2.24, 2.45) is 5.92 Å². The lowest BCUT2D eigenvalue weighted by Crippen LogP contribution is -2.45. The second kappa shape index (κ2) is 8.58. The van der Waals surface area contributed by atoms with Gasteiger partial charge in [-0.3, -0.25) is 9.69 Å². The predicted octanol–water partition coefficient (Wildman–Crippen LogP) is 3.09. The van der Waals surface area contributed by atoms with Crippen LogP contribution in [0.25, 0.3) is 0 Å². The average molecular weight is 336 g/mol. The maximum atomic E-state index is 13.2. The van der Waals surface area contributed by atoms with Crippen LogP contribution in [-0.4, -0.2) is 55.6 Å². The lowest BCUT2D eigenvalue weighted by molar-refractivity contribution is -0.138. The number of likely N-dealkylation sites (N-methyl/N-ethyl adjacent to an activating group) is 1. The molecule has 1 fully saturated rings. The summed E-state index contributed by atoms with van der Waals surface area (Å²) < 4.78 is 18.9. The van der Waals surface area contributed by atoms with Crippen LogP contribution < -0.4 is 0 Å². The molecule has 1 heterocycles. The Morgan fingerprint density at radius 2 is 1.83 bits per heavy atom. The van der Waals surface area contributed by atoms with Crippen LogP contribution in [0.2, 0.25) is 0 Å². The molecule has 1 atom stereocenters. The molecule has 0 saturated carbocycles. The van der Waals surface area contributed by atoms with Crippen LogP contribution in [0, 0.1) is 11.7 Å². The molecule has 1 aliphatic heterocycles. The number of carbonyl (C=O) groups excluding carboxylic acids is 1. The number of nitrogens with zero attached hydrogens (tertiary/aromatic N) is 2. The number of carbonyl (C=O) groups is 1. The van der Waals surface area contributed by atoms with Crippen molar-refractivity contribution in [2.75, 3.05) is 33.8 Å². The van der Waals surface area contributed by atoms with Gasteiger partial charge < -0.3 is 9.64 Å². The summed E-state index contributed by atoms with van der Waals surface area (Å²) in [5, 5.41) is 0. The molecule has 0 radical (unpaired) electrons. The molecule has 0 aliphatic carbocycles. The Kier molecular flexibility index (Phi) is 6.75. The number of rotatable bonds is 6. The zero-order valence-electron chi connectivity index (χ0n) is 15.2. The largest absolute Gasteiger partial charge is 0.379 e. The minimum Gasteiger partial charge on any atom is -0.379 e. The molecule has 1 aliphatic rings. The van der Waals surface area contributed by atoms with E-state index in [1.807, 2.05) is 37.7 Å². The number of hydrogen-bond donors (Lipinski definition) is 0. The predicted molar refractivity (Wildman–Crippen MR) is 93.2 cm³/mol. The monoisotopic (exact) mass is 336 g/mol. The molecule has 1 saturated heterocycles. The molecule has 1 amide bonds. The van der Waals surface area contributed by atoms with Crippen molar-refractivity contribution >= 4 is 5.91 Å². The number of benzene rings is 1. The highest BCUT2D eigenvalue weighted by atomic mass is 19.1. The topological polar surface area (TPSA) is 32.8 Å².